The molecule has 0 saturated carbocycles. The third-order valence-corrected chi connectivity index (χ3v) is 2.77. The molecule has 2 N–H and O–H groups in total. The van der Waals surface area contributed by atoms with E-state index in [4.69, 9.17) is 9.84 Å². The quantitative estimate of drug-likeness (QED) is 0.779. The molecule has 20 heavy (non-hydrogen) atoms. The SMILES string of the molecule is COc1ccc(/C=C/C(=O)N[C@H](C(=O)O)C(C)C)cc1. The fraction of sp³-hybridized carbons (Fsp3) is 0.333. The maximum absolute atomic E-state index is 11.7. The molecule has 0 saturated heterocycles. The van der Waals surface area contributed by atoms with Gasteiger partial charge in [-0.1, -0.05) is 26.0 Å². The first-order chi connectivity index (χ1) is 9.43. The molecule has 0 fully saturated rings. The Bertz CT molecular complexity index is 491. The van der Waals surface area contributed by atoms with Gasteiger partial charge in [0.25, 0.3) is 0 Å². The number of ether oxygens (including phenoxy) is 1. The summed E-state index contributed by atoms with van der Waals surface area (Å²) in [6.45, 7) is 3.48. The Hall–Kier alpha value is -2.30. The third-order valence-electron chi connectivity index (χ3n) is 2.77. The van der Waals surface area contributed by atoms with Crippen LogP contribution >= 0.6 is 0 Å². The molecular formula is C15H19NO4. The van der Waals surface area contributed by atoms with Crippen LogP contribution in [0.5, 0.6) is 5.75 Å². The average molecular weight is 277 g/mol. The van der Waals surface area contributed by atoms with Crippen LogP contribution in [0, 0.1) is 5.92 Å². The van der Waals surface area contributed by atoms with E-state index in [0.717, 1.165) is 11.3 Å². The molecule has 0 radical (unpaired) electrons. The van der Waals surface area contributed by atoms with Crippen LogP contribution in [0.25, 0.3) is 6.08 Å². The highest BCUT2D eigenvalue weighted by atomic mass is 16.5. The number of carbonyl (C=O) groups is 2. The highest BCUT2D eigenvalue weighted by Gasteiger charge is 2.22. The van der Waals surface area contributed by atoms with Gasteiger partial charge in [0.15, 0.2) is 0 Å². The predicted octanol–water partition coefficient (Wildman–Crippen LogP) is 1.93. The Morgan fingerprint density at radius 3 is 2.30 bits per heavy atom. The van der Waals surface area contributed by atoms with Crippen LogP contribution in [0.2, 0.25) is 0 Å². The normalized spacial score (nSPS) is 12.4. The van der Waals surface area contributed by atoms with E-state index in [1.807, 2.05) is 0 Å². The summed E-state index contributed by atoms with van der Waals surface area (Å²) >= 11 is 0. The molecule has 1 amide bonds. The predicted molar refractivity (Wildman–Crippen MR) is 76.4 cm³/mol. The molecular weight excluding hydrogens is 258 g/mol. The second-order valence-electron chi connectivity index (χ2n) is 4.68. The molecule has 108 valence electrons. The fourth-order valence-corrected chi connectivity index (χ4v) is 1.60. The van der Waals surface area contributed by atoms with E-state index >= 15 is 0 Å². The van der Waals surface area contributed by atoms with Crippen molar-refractivity contribution >= 4 is 18.0 Å². The molecule has 0 spiro atoms. The zero-order valence-electron chi connectivity index (χ0n) is 11.8. The molecule has 0 bridgehead atoms. The van der Waals surface area contributed by atoms with Crippen molar-refractivity contribution in [2.75, 3.05) is 7.11 Å². The van der Waals surface area contributed by atoms with Crippen LogP contribution in [-0.2, 0) is 9.59 Å². The van der Waals surface area contributed by atoms with Crippen molar-refractivity contribution in [1.82, 2.24) is 5.32 Å². The molecule has 1 aromatic carbocycles. The van der Waals surface area contributed by atoms with Gasteiger partial charge in [-0.25, -0.2) is 4.79 Å². The van der Waals surface area contributed by atoms with Crippen LogP contribution in [0.1, 0.15) is 19.4 Å². The van der Waals surface area contributed by atoms with Gasteiger partial charge in [-0.05, 0) is 29.7 Å². The van der Waals surface area contributed by atoms with Crippen molar-refractivity contribution < 1.29 is 19.4 Å². The van der Waals surface area contributed by atoms with E-state index in [1.165, 1.54) is 6.08 Å². The Morgan fingerprint density at radius 1 is 1.25 bits per heavy atom. The zero-order valence-corrected chi connectivity index (χ0v) is 11.8. The summed E-state index contributed by atoms with van der Waals surface area (Å²) in [7, 11) is 1.58. The van der Waals surface area contributed by atoms with E-state index < -0.39 is 17.9 Å². The highest BCUT2D eigenvalue weighted by molar-refractivity contribution is 5.94. The van der Waals surface area contributed by atoms with Crippen molar-refractivity contribution in [3.8, 4) is 5.75 Å². The Morgan fingerprint density at radius 2 is 1.85 bits per heavy atom. The minimum atomic E-state index is -1.04. The first-order valence-corrected chi connectivity index (χ1v) is 6.29. The van der Waals surface area contributed by atoms with Gasteiger partial charge in [-0.3, -0.25) is 4.79 Å². The van der Waals surface area contributed by atoms with Crippen LogP contribution < -0.4 is 10.1 Å². The average Bonchev–Trinajstić information content (AvgIpc) is 2.42. The molecule has 0 unspecified atom stereocenters. The van der Waals surface area contributed by atoms with Gasteiger partial charge in [0.05, 0.1) is 7.11 Å². The summed E-state index contributed by atoms with van der Waals surface area (Å²) in [4.78, 5) is 22.6. The summed E-state index contributed by atoms with van der Waals surface area (Å²) in [5, 5.41) is 11.4. The number of nitrogens with one attached hydrogen (secondary N) is 1. The lowest BCUT2D eigenvalue weighted by Crippen LogP contribution is -2.43. The minimum absolute atomic E-state index is 0.175. The molecule has 5 heteroatoms. The van der Waals surface area contributed by atoms with Crippen molar-refractivity contribution in [2.24, 2.45) is 5.92 Å². The van der Waals surface area contributed by atoms with Crippen molar-refractivity contribution in [2.45, 2.75) is 19.9 Å². The van der Waals surface area contributed by atoms with Gasteiger partial charge in [0.2, 0.25) is 5.91 Å². The Labute approximate surface area is 118 Å². The summed E-state index contributed by atoms with van der Waals surface area (Å²) < 4.78 is 5.03. The van der Waals surface area contributed by atoms with Crippen molar-refractivity contribution in [3.63, 3.8) is 0 Å². The minimum Gasteiger partial charge on any atom is -0.497 e. The van der Waals surface area contributed by atoms with E-state index in [9.17, 15) is 9.59 Å². The standard InChI is InChI=1S/C15H19NO4/c1-10(2)14(15(18)19)16-13(17)9-6-11-4-7-12(20-3)8-5-11/h4-10,14H,1-3H3,(H,16,17)(H,18,19)/b9-6+/t14-/m0/s1. The molecule has 0 aliphatic carbocycles. The molecule has 1 atom stereocenters. The lowest BCUT2D eigenvalue weighted by atomic mass is 10.0. The van der Waals surface area contributed by atoms with Crippen LogP contribution in [0.4, 0.5) is 0 Å². The van der Waals surface area contributed by atoms with Crippen LogP contribution in [0.15, 0.2) is 30.3 Å². The number of hydrogen-bond acceptors (Lipinski definition) is 3. The molecule has 1 rings (SSSR count). The number of amides is 1. The summed E-state index contributed by atoms with van der Waals surface area (Å²) in [5.74, 6) is -0.906. The first kappa shape index (κ1) is 15.8. The summed E-state index contributed by atoms with van der Waals surface area (Å²) in [6, 6.07) is 6.29. The maximum atomic E-state index is 11.7. The Kier molecular flexibility index (Phi) is 5.77. The van der Waals surface area contributed by atoms with Crippen molar-refractivity contribution in [1.29, 1.82) is 0 Å². The smallest absolute Gasteiger partial charge is 0.326 e. The zero-order chi connectivity index (χ0) is 15.1. The van der Waals surface area contributed by atoms with Gasteiger partial charge in [0, 0.05) is 6.08 Å². The largest absolute Gasteiger partial charge is 0.497 e. The van der Waals surface area contributed by atoms with Gasteiger partial charge in [-0.2, -0.15) is 0 Å². The number of rotatable bonds is 6. The number of carboxylic acid groups (broad SMARTS) is 1. The molecule has 1 aromatic rings. The van der Waals surface area contributed by atoms with Crippen LogP contribution in [-0.4, -0.2) is 30.1 Å². The number of methoxy groups -OCH3 is 1. The maximum Gasteiger partial charge on any atom is 0.326 e. The molecule has 0 aromatic heterocycles. The number of hydrogen-bond donors (Lipinski definition) is 2. The Balaban J connectivity index is 2.64. The van der Waals surface area contributed by atoms with Gasteiger partial charge >= 0.3 is 5.97 Å². The molecule has 0 aliphatic rings. The third kappa shape index (κ3) is 4.76. The summed E-state index contributed by atoms with van der Waals surface area (Å²) in [5.41, 5.74) is 0.831. The second kappa shape index (κ2) is 7.33. The van der Waals surface area contributed by atoms with Gasteiger partial charge in [0.1, 0.15) is 11.8 Å². The molecule has 0 aliphatic heterocycles. The topological polar surface area (TPSA) is 75.6 Å². The van der Waals surface area contributed by atoms with E-state index in [-0.39, 0.29) is 5.92 Å². The van der Waals surface area contributed by atoms with E-state index in [2.05, 4.69) is 5.32 Å². The number of carbonyl (C=O) groups excluding carboxylic acids is 1. The fourth-order valence-electron chi connectivity index (χ4n) is 1.60. The van der Waals surface area contributed by atoms with E-state index in [0.29, 0.717) is 0 Å². The van der Waals surface area contributed by atoms with Gasteiger partial charge < -0.3 is 15.2 Å². The van der Waals surface area contributed by atoms with E-state index in [1.54, 1.807) is 51.3 Å². The van der Waals surface area contributed by atoms with Gasteiger partial charge in [-0.15, -0.1) is 0 Å². The van der Waals surface area contributed by atoms with Crippen LogP contribution in [0.3, 0.4) is 0 Å². The molecule has 0 heterocycles. The number of aliphatic carboxylic acids is 1. The lowest BCUT2D eigenvalue weighted by molar-refractivity contribution is -0.142. The number of carboxylic acids is 1. The first-order valence-electron chi connectivity index (χ1n) is 6.29. The lowest BCUT2D eigenvalue weighted by Gasteiger charge is -2.16. The molecule has 5 nitrogen and oxygen atoms in total. The second-order valence-corrected chi connectivity index (χ2v) is 4.68. The van der Waals surface area contributed by atoms with Crippen molar-refractivity contribution in [3.05, 3.63) is 35.9 Å². The highest BCUT2D eigenvalue weighted by Crippen LogP contribution is 2.12. The number of benzene rings is 1. The summed E-state index contributed by atoms with van der Waals surface area (Å²) in [6.07, 6.45) is 2.94. The monoisotopic (exact) mass is 277 g/mol.